The molecule has 2 heterocycles. The van der Waals surface area contributed by atoms with Crippen molar-refractivity contribution in [3.8, 4) is 23.1 Å². The molecule has 4 rings (SSSR count). The fourth-order valence-corrected chi connectivity index (χ4v) is 3.51. The zero-order valence-electron chi connectivity index (χ0n) is 16.3. The molecule has 0 saturated heterocycles. The van der Waals surface area contributed by atoms with Crippen molar-refractivity contribution in [2.75, 3.05) is 0 Å². The first-order chi connectivity index (χ1) is 14.9. The first kappa shape index (κ1) is 20.8. The molecule has 0 bridgehead atoms. The van der Waals surface area contributed by atoms with E-state index in [1.54, 1.807) is 37.3 Å². The SMILES string of the molecule is Cc1nc(-c2cncc(Oc3ccccc3)n2)n(Cc2cc(Cl)ccc2Cl)c1C(=O)O. The van der Waals surface area contributed by atoms with Crippen LogP contribution in [0, 0.1) is 6.92 Å². The Labute approximate surface area is 187 Å². The van der Waals surface area contributed by atoms with E-state index < -0.39 is 5.97 Å². The van der Waals surface area contributed by atoms with Gasteiger partial charge in [-0.2, -0.15) is 0 Å². The van der Waals surface area contributed by atoms with E-state index in [-0.39, 0.29) is 18.1 Å². The molecule has 1 N–H and O–H groups in total. The van der Waals surface area contributed by atoms with Crippen LogP contribution in [0.3, 0.4) is 0 Å². The zero-order chi connectivity index (χ0) is 22.0. The van der Waals surface area contributed by atoms with Crippen LogP contribution in [0.5, 0.6) is 11.6 Å². The Bertz CT molecular complexity index is 1260. The number of para-hydroxylation sites is 1. The number of benzene rings is 2. The molecule has 31 heavy (non-hydrogen) atoms. The highest BCUT2D eigenvalue weighted by atomic mass is 35.5. The Kier molecular flexibility index (Phi) is 5.88. The molecule has 2 aromatic heterocycles. The van der Waals surface area contributed by atoms with Crippen molar-refractivity contribution in [3.63, 3.8) is 0 Å². The van der Waals surface area contributed by atoms with E-state index >= 15 is 0 Å². The van der Waals surface area contributed by atoms with Gasteiger partial charge in [-0.3, -0.25) is 4.98 Å². The second-order valence-electron chi connectivity index (χ2n) is 6.65. The monoisotopic (exact) mass is 454 g/mol. The molecule has 0 unspecified atom stereocenters. The van der Waals surface area contributed by atoms with Gasteiger partial charge in [0.2, 0.25) is 5.88 Å². The Balaban J connectivity index is 1.78. The van der Waals surface area contributed by atoms with Crippen molar-refractivity contribution in [1.29, 1.82) is 0 Å². The third kappa shape index (κ3) is 4.52. The minimum Gasteiger partial charge on any atom is -0.477 e. The summed E-state index contributed by atoms with van der Waals surface area (Å²) in [6.45, 7) is 1.77. The average Bonchev–Trinajstić information content (AvgIpc) is 3.08. The maximum absolute atomic E-state index is 12.0. The number of nitrogens with zero attached hydrogens (tertiary/aromatic N) is 4. The maximum Gasteiger partial charge on any atom is 0.354 e. The number of ether oxygens (including phenoxy) is 1. The summed E-state index contributed by atoms with van der Waals surface area (Å²) in [6, 6.07) is 14.2. The van der Waals surface area contributed by atoms with Crippen molar-refractivity contribution in [2.24, 2.45) is 0 Å². The molecule has 2 aromatic carbocycles. The number of aryl methyl sites for hydroxylation is 1. The first-order valence-corrected chi connectivity index (χ1v) is 9.97. The number of carboxylic acids is 1. The number of hydrogen-bond acceptors (Lipinski definition) is 5. The molecule has 0 aliphatic rings. The van der Waals surface area contributed by atoms with Gasteiger partial charge in [-0.1, -0.05) is 41.4 Å². The second-order valence-corrected chi connectivity index (χ2v) is 7.50. The Morgan fingerprint density at radius 2 is 1.87 bits per heavy atom. The van der Waals surface area contributed by atoms with Gasteiger partial charge in [0.05, 0.1) is 24.6 Å². The van der Waals surface area contributed by atoms with E-state index in [2.05, 4.69) is 15.0 Å². The molecule has 0 radical (unpaired) electrons. The lowest BCUT2D eigenvalue weighted by Gasteiger charge is -2.12. The largest absolute Gasteiger partial charge is 0.477 e. The Morgan fingerprint density at radius 3 is 2.61 bits per heavy atom. The van der Waals surface area contributed by atoms with Crippen molar-refractivity contribution < 1.29 is 14.6 Å². The Morgan fingerprint density at radius 1 is 1.10 bits per heavy atom. The predicted molar refractivity (Wildman–Crippen MR) is 117 cm³/mol. The quantitative estimate of drug-likeness (QED) is 0.413. The highest BCUT2D eigenvalue weighted by Gasteiger charge is 2.23. The highest BCUT2D eigenvalue weighted by Crippen LogP contribution is 2.28. The van der Waals surface area contributed by atoms with Gasteiger partial charge in [0, 0.05) is 10.0 Å². The van der Waals surface area contributed by atoms with E-state index in [1.807, 2.05) is 18.2 Å². The van der Waals surface area contributed by atoms with Crippen LogP contribution >= 0.6 is 23.2 Å². The van der Waals surface area contributed by atoms with Crippen molar-refractivity contribution in [3.05, 3.63) is 87.9 Å². The zero-order valence-corrected chi connectivity index (χ0v) is 17.8. The van der Waals surface area contributed by atoms with Crippen LogP contribution in [0.1, 0.15) is 21.7 Å². The van der Waals surface area contributed by atoms with Gasteiger partial charge < -0.3 is 14.4 Å². The number of rotatable bonds is 6. The molecule has 0 saturated carbocycles. The van der Waals surface area contributed by atoms with Gasteiger partial charge in [-0.25, -0.2) is 14.8 Å². The lowest BCUT2D eigenvalue weighted by molar-refractivity contribution is 0.0685. The summed E-state index contributed by atoms with van der Waals surface area (Å²) in [5.41, 5.74) is 1.39. The smallest absolute Gasteiger partial charge is 0.354 e. The summed E-state index contributed by atoms with van der Waals surface area (Å²) in [7, 11) is 0. The molecule has 7 nitrogen and oxygen atoms in total. The molecule has 0 fully saturated rings. The van der Waals surface area contributed by atoms with Crippen LogP contribution in [-0.2, 0) is 6.54 Å². The summed E-state index contributed by atoms with van der Waals surface area (Å²) in [6.07, 6.45) is 2.98. The molecule has 0 aliphatic carbocycles. The number of carboxylic acid groups (broad SMARTS) is 1. The lowest BCUT2D eigenvalue weighted by atomic mass is 10.2. The van der Waals surface area contributed by atoms with Gasteiger partial charge in [-0.05, 0) is 42.8 Å². The van der Waals surface area contributed by atoms with Crippen LogP contribution in [-0.4, -0.2) is 30.6 Å². The summed E-state index contributed by atoms with van der Waals surface area (Å²) >= 11 is 12.4. The van der Waals surface area contributed by atoms with E-state index in [0.29, 0.717) is 38.6 Å². The highest BCUT2D eigenvalue weighted by molar-refractivity contribution is 6.33. The van der Waals surface area contributed by atoms with Gasteiger partial charge >= 0.3 is 5.97 Å². The third-order valence-corrected chi connectivity index (χ3v) is 5.09. The van der Waals surface area contributed by atoms with E-state index in [9.17, 15) is 9.90 Å². The van der Waals surface area contributed by atoms with Gasteiger partial charge in [0.25, 0.3) is 0 Å². The molecule has 0 spiro atoms. The molecular weight excluding hydrogens is 439 g/mol. The van der Waals surface area contributed by atoms with Crippen LogP contribution in [0.15, 0.2) is 60.9 Å². The number of aromatic carboxylic acids is 1. The van der Waals surface area contributed by atoms with Gasteiger partial charge in [0.1, 0.15) is 11.4 Å². The van der Waals surface area contributed by atoms with Crippen LogP contribution < -0.4 is 4.74 Å². The summed E-state index contributed by atoms with van der Waals surface area (Å²) in [5, 5.41) is 10.7. The van der Waals surface area contributed by atoms with Gasteiger partial charge in [0.15, 0.2) is 11.5 Å². The van der Waals surface area contributed by atoms with Crippen molar-refractivity contribution >= 4 is 29.2 Å². The fraction of sp³-hybridized carbons (Fsp3) is 0.0909. The molecule has 0 aliphatic heterocycles. The van der Waals surface area contributed by atoms with E-state index in [4.69, 9.17) is 27.9 Å². The second kappa shape index (κ2) is 8.75. The number of halogens is 2. The molecular formula is C22H16Cl2N4O3. The number of carbonyl (C=O) groups is 1. The lowest BCUT2D eigenvalue weighted by Crippen LogP contribution is -2.12. The van der Waals surface area contributed by atoms with E-state index in [0.717, 1.165) is 0 Å². The Hall–Kier alpha value is -3.42. The molecule has 4 aromatic rings. The minimum atomic E-state index is -1.11. The van der Waals surface area contributed by atoms with Gasteiger partial charge in [-0.15, -0.1) is 0 Å². The minimum absolute atomic E-state index is 0.0298. The summed E-state index contributed by atoms with van der Waals surface area (Å²) in [5.74, 6) is 0.0787. The van der Waals surface area contributed by atoms with Crippen molar-refractivity contribution in [1.82, 2.24) is 19.5 Å². The number of hydrogen-bond donors (Lipinski definition) is 1. The third-order valence-electron chi connectivity index (χ3n) is 4.49. The summed E-state index contributed by atoms with van der Waals surface area (Å²) < 4.78 is 7.29. The van der Waals surface area contributed by atoms with Crippen molar-refractivity contribution in [2.45, 2.75) is 13.5 Å². The number of imidazole rings is 1. The molecule has 0 atom stereocenters. The molecule has 9 heteroatoms. The van der Waals surface area contributed by atoms with Crippen LogP contribution in [0.25, 0.3) is 11.5 Å². The average molecular weight is 455 g/mol. The topological polar surface area (TPSA) is 90.1 Å². The van der Waals surface area contributed by atoms with Crippen LogP contribution in [0.4, 0.5) is 0 Å². The van der Waals surface area contributed by atoms with E-state index in [1.165, 1.54) is 17.0 Å². The maximum atomic E-state index is 12.0. The molecule has 0 amide bonds. The molecule has 156 valence electrons. The fourth-order valence-electron chi connectivity index (χ4n) is 3.14. The first-order valence-electron chi connectivity index (χ1n) is 9.22. The summed E-state index contributed by atoms with van der Waals surface area (Å²) in [4.78, 5) is 25.1. The van der Waals surface area contributed by atoms with Crippen LogP contribution in [0.2, 0.25) is 10.0 Å². The standard InChI is InChI=1S/C22H16Cl2N4O3/c1-13-20(22(29)30)28(12-14-9-15(23)7-8-17(14)24)21(26-13)18-10-25-11-19(27-18)31-16-5-3-2-4-6-16/h2-11H,12H2,1H3,(H,29,30). The normalized spacial score (nSPS) is 10.8. The number of aromatic nitrogens is 4. The predicted octanol–water partition coefficient (Wildman–Crippen LogP) is 5.49.